The van der Waals surface area contributed by atoms with Crippen molar-refractivity contribution in [1.29, 1.82) is 0 Å². The van der Waals surface area contributed by atoms with Crippen molar-refractivity contribution in [2.75, 3.05) is 18.4 Å². The zero-order valence-corrected chi connectivity index (χ0v) is 10.2. The van der Waals surface area contributed by atoms with Gasteiger partial charge in [-0.1, -0.05) is 5.11 Å². The Morgan fingerprint density at radius 2 is 1.62 bits per heavy atom. The molecule has 0 bridgehead atoms. The number of nitrogens with one attached hydrogen (secondary N) is 1. The zero-order valence-electron chi connectivity index (χ0n) is 10.2. The molecule has 0 aromatic heterocycles. The van der Waals surface area contributed by atoms with Crippen molar-refractivity contribution in [2.24, 2.45) is 5.11 Å². The molecule has 0 spiro atoms. The molecule has 110 valence electrons. The van der Waals surface area contributed by atoms with Gasteiger partial charge in [-0.3, -0.25) is 30.3 Å². The second-order valence-electron chi connectivity index (χ2n) is 3.51. The van der Waals surface area contributed by atoms with Gasteiger partial charge in [0.05, 0.1) is 26.9 Å². The molecule has 13 nitrogen and oxygen atoms in total. The van der Waals surface area contributed by atoms with E-state index < -0.39 is 37.5 Å². The van der Waals surface area contributed by atoms with Gasteiger partial charge in [0, 0.05) is 18.0 Å². The molecule has 1 N–H and O–H groups in total. The number of rotatable bonds is 7. The van der Waals surface area contributed by atoms with Gasteiger partial charge >= 0.3 is 11.4 Å². The van der Waals surface area contributed by atoms with Gasteiger partial charge < -0.3 is 5.32 Å². The smallest absolute Gasteiger partial charge is 0.306 e. The van der Waals surface area contributed by atoms with Crippen molar-refractivity contribution in [1.82, 2.24) is 0 Å². The molecule has 1 rings (SSSR count). The molecule has 21 heavy (non-hydrogen) atoms. The maximum atomic E-state index is 10.9. The van der Waals surface area contributed by atoms with E-state index in [9.17, 15) is 30.3 Å². The van der Waals surface area contributed by atoms with Gasteiger partial charge in [-0.25, -0.2) is 0 Å². The normalized spacial score (nSPS) is 9.52. The summed E-state index contributed by atoms with van der Waals surface area (Å²) in [5.74, 6) is 0. The quantitative estimate of drug-likeness (QED) is 0.199. The Labute approximate surface area is 115 Å². The molecule has 0 aliphatic heterocycles. The van der Waals surface area contributed by atoms with Crippen LogP contribution in [0.2, 0.25) is 0 Å². The van der Waals surface area contributed by atoms with E-state index >= 15 is 0 Å². The van der Waals surface area contributed by atoms with Crippen LogP contribution in [0.5, 0.6) is 0 Å². The summed E-state index contributed by atoms with van der Waals surface area (Å²) in [5, 5.41) is 38.0. The molecule has 0 saturated heterocycles. The highest BCUT2D eigenvalue weighted by Crippen LogP contribution is 2.38. The van der Waals surface area contributed by atoms with Gasteiger partial charge in [0.2, 0.25) is 0 Å². The Bertz CT molecular complexity index is 618. The Balaban J connectivity index is 3.35. The topological polar surface area (TPSA) is 190 Å². The first-order chi connectivity index (χ1) is 9.88. The predicted molar refractivity (Wildman–Crippen MR) is 68.9 cm³/mol. The summed E-state index contributed by atoms with van der Waals surface area (Å²) in [4.78, 5) is 32.0. The number of nitrogens with zero attached hydrogens (tertiary/aromatic N) is 6. The fourth-order valence-corrected chi connectivity index (χ4v) is 1.45. The lowest BCUT2D eigenvalue weighted by molar-refractivity contribution is -0.401. The number of azide groups is 1. The van der Waals surface area contributed by atoms with E-state index in [2.05, 4.69) is 15.3 Å². The van der Waals surface area contributed by atoms with Crippen molar-refractivity contribution in [3.05, 3.63) is 52.9 Å². The summed E-state index contributed by atoms with van der Waals surface area (Å²) in [6.45, 7) is -0.217. The van der Waals surface area contributed by atoms with E-state index in [1.807, 2.05) is 0 Å². The molecule has 0 fully saturated rings. The molecule has 0 unspecified atom stereocenters. The third kappa shape index (κ3) is 3.74. The highest BCUT2D eigenvalue weighted by molar-refractivity contribution is 5.77. The van der Waals surface area contributed by atoms with Crippen LogP contribution in [-0.2, 0) is 0 Å². The van der Waals surface area contributed by atoms with E-state index in [0.29, 0.717) is 12.1 Å². The maximum absolute atomic E-state index is 10.9. The predicted octanol–water partition coefficient (Wildman–Crippen LogP) is 2.13. The number of hydrogen-bond acceptors (Lipinski definition) is 8. The third-order valence-electron chi connectivity index (χ3n) is 2.26. The van der Waals surface area contributed by atoms with Crippen molar-refractivity contribution < 1.29 is 14.8 Å². The van der Waals surface area contributed by atoms with Gasteiger partial charge in [-0.15, -0.1) is 0 Å². The summed E-state index contributed by atoms with van der Waals surface area (Å²) in [6, 6.07) is 1.23. The number of hydrogen-bond donors (Lipinski definition) is 1. The van der Waals surface area contributed by atoms with E-state index in [-0.39, 0.29) is 13.1 Å². The van der Waals surface area contributed by atoms with Crippen LogP contribution in [-0.4, -0.2) is 27.9 Å². The Kier molecular flexibility index (Phi) is 4.92. The van der Waals surface area contributed by atoms with E-state index in [1.54, 1.807) is 0 Å². The second-order valence-corrected chi connectivity index (χ2v) is 3.51. The first-order valence-electron chi connectivity index (χ1n) is 5.24. The molecule has 1 aromatic rings. The fourth-order valence-electron chi connectivity index (χ4n) is 1.45. The number of anilines is 1. The number of nitro groups is 3. The summed E-state index contributed by atoms with van der Waals surface area (Å²) in [5.41, 5.74) is 5.22. The van der Waals surface area contributed by atoms with Crippen LogP contribution in [0, 0.1) is 30.3 Å². The van der Waals surface area contributed by atoms with Crippen LogP contribution in [0.3, 0.4) is 0 Å². The van der Waals surface area contributed by atoms with E-state index in [1.165, 1.54) is 0 Å². The summed E-state index contributed by atoms with van der Waals surface area (Å²) < 4.78 is 0. The standard InChI is InChI=1S/C8H7N7O6/c9-12-11-2-1-10-8-6(14(18)19)3-5(13(16)17)4-7(8)15(20)21/h3-4,10H,1-2H2. The monoisotopic (exact) mass is 297 g/mol. The zero-order chi connectivity index (χ0) is 16.0. The number of non-ortho nitro benzene ring substituents is 1. The minimum absolute atomic E-state index is 0.108. The molecule has 13 heteroatoms. The molecule has 1 aromatic carbocycles. The highest BCUT2D eigenvalue weighted by atomic mass is 16.6. The van der Waals surface area contributed by atoms with Gasteiger partial charge in [-0.05, 0) is 5.53 Å². The minimum atomic E-state index is -0.976. The average Bonchev–Trinajstić information content (AvgIpc) is 2.42. The highest BCUT2D eigenvalue weighted by Gasteiger charge is 2.30. The van der Waals surface area contributed by atoms with Crippen LogP contribution >= 0.6 is 0 Å². The van der Waals surface area contributed by atoms with E-state index in [4.69, 9.17) is 5.53 Å². The van der Waals surface area contributed by atoms with Gasteiger partial charge in [-0.2, -0.15) is 0 Å². The molecule has 0 heterocycles. The first-order valence-corrected chi connectivity index (χ1v) is 5.24. The molecule has 0 aliphatic rings. The fraction of sp³-hybridized carbons (Fsp3) is 0.250. The number of nitro benzene ring substituents is 3. The average molecular weight is 297 g/mol. The second kappa shape index (κ2) is 6.63. The van der Waals surface area contributed by atoms with Crippen molar-refractivity contribution in [3.63, 3.8) is 0 Å². The molecule has 0 saturated carbocycles. The van der Waals surface area contributed by atoms with Crippen molar-refractivity contribution >= 4 is 22.7 Å². The van der Waals surface area contributed by atoms with Crippen LogP contribution in [0.4, 0.5) is 22.7 Å². The Morgan fingerprint density at radius 1 is 1.10 bits per heavy atom. The summed E-state index contributed by atoms with van der Waals surface area (Å²) in [6.07, 6.45) is 0. The van der Waals surface area contributed by atoms with E-state index in [0.717, 1.165) is 0 Å². The van der Waals surface area contributed by atoms with Crippen LogP contribution in [0.25, 0.3) is 10.4 Å². The first kappa shape index (κ1) is 15.6. The largest absolute Gasteiger partial charge is 0.374 e. The molecule has 0 amide bonds. The molecule has 0 radical (unpaired) electrons. The SMILES string of the molecule is [N-]=[N+]=NCCNc1c([N+](=O)[O-])cc([N+](=O)[O-])cc1[N+](=O)[O-]. The van der Waals surface area contributed by atoms with Gasteiger partial charge in [0.1, 0.15) is 0 Å². The Hall–Kier alpha value is -3.47. The van der Waals surface area contributed by atoms with Crippen LogP contribution in [0.15, 0.2) is 17.2 Å². The lowest BCUT2D eigenvalue weighted by atomic mass is 10.2. The summed E-state index contributed by atoms with van der Waals surface area (Å²) in [7, 11) is 0. The van der Waals surface area contributed by atoms with Crippen LogP contribution < -0.4 is 5.32 Å². The summed E-state index contributed by atoms with van der Waals surface area (Å²) >= 11 is 0. The molecular weight excluding hydrogens is 290 g/mol. The lowest BCUT2D eigenvalue weighted by Crippen LogP contribution is -2.09. The van der Waals surface area contributed by atoms with Crippen LogP contribution in [0.1, 0.15) is 0 Å². The third-order valence-corrected chi connectivity index (χ3v) is 2.26. The minimum Gasteiger partial charge on any atom is -0.374 e. The van der Waals surface area contributed by atoms with Crippen molar-refractivity contribution in [2.45, 2.75) is 0 Å². The van der Waals surface area contributed by atoms with Crippen molar-refractivity contribution in [3.8, 4) is 0 Å². The number of benzene rings is 1. The lowest BCUT2D eigenvalue weighted by Gasteiger charge is -2.06. The Morgan fingerprint density at radius 3 is 2.00 bits per heavy atom. The molecule has 0 atom stereocenters. The molecule has 0 aliphatic carbocycles. The maximum Gasteiger partial charge on any atom is 0.306 e. The molecular formula is C8H7N7O6. The van der Waals surface area contributed by atoms with Gasteiger partial charge in [0.15, 0.2) is 5.69 Å². The van der Waals surface area contributed by atoms with Gasteiger partial charge in [0.25, 0.3) is 5.69 Å².